The Balaban J connectivity index is 1.68. The Labute approximate surface area is 159 Å². The van der Waals surface area contributed by atoms with E-state index in [1.54, 1.807) is 25.1 Å². The Morgan fingerprint density at radius 3 is 2.78 bits per heavy atom. The number of aromatic nitrogens is 5. The first kappa shape index (κ1) is 19.2. The van der Waals surface area contributed by atoms with E-state index < -0.39 is 0 Å². The number of rotatable bonds is 6. The van der Waals surface area contributed by atoms with Gasteiger partial charge in [-0.1, -0.05) is 0 Å². The summed E-state index contributed by atoms with van der Waals surface area (Å²) in [4.78, 5) is 26.7. The van der Waals surface area contributed by atoms with Gasteiger partial charge in [0.2, 0.25) is 5.82 Å². The van der Waals surface area contributed by atoms with E-state index in [-0.39, 0.29) is 11.7 Å². The highest BCUT2D eigenvalue weighted by molar-refractivity contribution is 5.90. The predicted octanol–water partition coefficient (Wildman–Crippen LogP) is 0.775. The monoisotopic (exact) mass is 372 g/mol. The molecule has 0 spiro atoms. The molecule has 1 aliphatic heterocycles. The Morgan fingerprint density at radius 1 is 1.33 bits per heavy atom. The summed E-state index contributed by atoms with van der Waals surface area (Å²) < 4.78 is 0. The van der Waals surface area contributed by atoms with Gasteiger partial charge in [0, 0.05) is 51.0 Å². The molecular formula is C18H28N8O. The normalized spacial score (nSPS) is 16.8. The number of nitrogens with zero attached hydrogens (tertiary/aromatic N) is 7. The molecule has 3 heterocycles. The molecule has 0 unspecified atom stereocenters. The maximum Gasteiger partial charge on any atom is 0.291 e. The smallest absolute Gasteiger partial charge is 0.291 e. The van der Waals surface area contributed by atoms with Gasteiger partial charge < -0.3 is 15.1 Å². The number of carbonyl (C=O) groups excluding carboxylic acids is 1. The van der Waals surface area contributed by atoms with Crippen LogP contribution >= 0.6 is 0 Å². The number of hydrogen-bond acceptors (Lipinski definition) is 7. The fourth-order valence-electron chi connectivity index (χ4n) is 3.15. The van der Waals surface area contributed by atoms with Crippen LogP contribution in [0.2, 0.25) is 0 Å². The highest BCUT2D eigenvalue weighted by Gasteiger charge is 2.26. The van der Waals surface area contributed by atoms with Crippen molar-refractivity contribution in [1.29, 1.82) is 0 Å². The van der Waals surface area contributed by atoms with Gasteiger partial charge >= 0.3 is 0 Å². The number of nitrogens with one attached hydrogen (secondary N) is 1. The lowest BCUT2D eigenvalue weighted by Crippen LogP contribution is -2.33. The second-order valence-electron chi connectivity index (χ2n) is 7.12. The average molecular weight is 372 g/mol. The van der Waals surface area contributed by atoms with Crippen molar-refractivity contribution in [3.8, 4) is 0 Å². The van der Waals surface area contributed by atoms with Crippen LogP contribution in [0, 0.1) is 13.8 Å². The van der Waals surface area contributed by atoms with Crippen molar-refractivity contribution in [2.45, 2.75) is 46.3 Å². The summed E-state index contributed by atoms with van der Waals surface area (Å²) in [6.07, 6.45) is 2.82. The molecule has 1 atom stereocenters. The zero-order valence-corrected chi connectivity index (χ0v) is 16.7. The second-order valence-corrected chi connectivity index (χ2v) is 7.12. The molecule has 3 rings (SSSR count). The molecule has 0 aliphatic carbocycles. The summed E-state index contributed by atoms with van der Waals surface area (Å²) in [7, 11) is 3.43. The summed E-state index contributed by atoms with van der Waals surface area (Å²) in [5.74, 6) is 0.937. The molecule has 2 aromatic rings. The van der Waals surface area contributed by atoms with Crippen molar-refractivity contribution in [2.24, 2.45) is 0 Å². The number of hydrogen-bond donors (Lipinski definition) is 1. The third-order valence-electron chi connectivity index (χ3n) is 4.89. The molecule has 1 amide bonds. The lowest BCUT2D eigenvalue weighted by atomic mass is 10.2. The van der Waals surface area contributed by atoms with Crippen molar-refractivity contribution in [1.82, 2.24) is 35.2 Å². The van der Waals surface area contributed by atoms with E-state index in [0.29, 0.717) is 12.6 Å². The molecule has 0 bridgehead atoms. The topological polar surface area (TPSA) is 92.1 Å². The van der Waals surface area contributed by atoms with Gasteiger partial charge in [-0.15, -0.1) is 0 Å². The number of amides is 1. The van der Waals surface area contributed by atoms with Gasteiger partial charge in [0.25, 0.3) is 5.91 Å². The largest absolute Gasteiger partial charge is 0.355 e. The highest BCUT2D eigenvalue weighted by atomic mass is 16.2. The molecule has 2 aromatic heterocycles. The molecule has 27 heavy (non-hydrogen) atoms. The molecular weight excluding hydrogens is 344 g/mol. The number of anilines is 1. The molecule has 1 fully saturated rings. The lowest BCUT2D eigenvalue weighted by molar-refractivity contribution is 0.0815. The van der Waals surface area contributed by atoms with Crippen molar-refractivity contribution in [3.05, 3.63) is 29.0 Å². The van der Waals surface area contributed by atoms with E-state index in [2.05, 4.69) is 30.4 Å². The quantitative estimate of drug-likeness (QED) is 0.801. The Hall–Kier alpha value is -2.55. The zero-order valence-electron chi connectivity index (χ0n) is 16.7. The summed E-state index contributed by atoms with van der Waals surface area (Å²) in [6, 6.07) is 0.347. The fraction of sp³-hybridized carbons (Fsp3) is 0.611. The van der Waals surface area contributed by atoms with E-state index in [4.69, 9.17) is 0 Å². The zero-order chi connectivity index (χ0) is 19.6. The third-order valence-corrected chi connectivity index (χ3v) is 4.89. The van der Waals surface area contributed by atoms with Crippen LogP contribution in [0.4, 0.5) is 5.82 Å². The first-order valence-electron chi connectivity index (χ1n) is 9.33. The molecule has 0 saturated carbocycles. The van der Waals surface area contributed by atoms with Gasteiger partial charge in [-0.25, -0.2) is 9.97 Å². The van der Waals surface area contributed by atoms with Gasteiger partial charge in [0.15, 0.2) is 0 Å². The van der Waals surface area contributed by atoms with Crippen LogP contribution in [-0.4, -0.2) is 69.0 Å². The van der Waals surface area contributed by atoms with Crippen molar-refractivity contribution in [2.75, 3.05) is 32.1 Å². The Kier molecular flexibility index (Phi) is 5.69. The minimum Gasteiger partial charge on any atom is -0.355 e. The highest BCUT2D eigenvalue weighted by Crippen LogP contribution is 2.24. The van der Waals surface area contributed by atoms with Gasteiger partial charge in [-0.2, -0.15) is 15.0 Å². The average Bonchev–Trinajstić information content (AvgIpc) is 3.30. The van der Waals surface area contributed by atoms with E-state index >= 15 is 0 Å². The van der Waals surface area contributed by atoms with Crippen LogP contribution in [0.1, 0.15) is 40.9 Å². The van der Waals surface area contributed by atoms with Gasteiger partial charge in [0.1, 0.15) is 5.82 Å². The van der Waals surface area contributed by atoms with Crippen LogP contribution in [0.5, 0.6) is 0 Å². The van der Waals surface area contributed by atoms with Crippen molar-refractivity contribution >= 4 is 11.7 Å². The van der Waals surface area contributed by atoms with Gasteiger partial charge in [0.05, 0.1) is 18.4 Å². The molecule has 0 radical (unpaired) electrons. The number of aryl methyl sites for hydroxylation is 2. The summed E-state index contributed by atoms with van der Waals surface area (Å²) in [5, 5.41) is 12.2. The maximum absolute atomic E-state index is 12.3. The first-order chi connectivity index (χ1) is 12.9. The van der Waals surface area contributed by atoms with Crippen LogP contribution in [-0.2, 0) is 13.1 Å². The number of carbonyl (C=O) groups is 1. The first-order valence-corrected chi connectivity index (χ1v) is 9.33. The Morgan fingerprint density at radius 2 is 2.11 bits per heavy atom. The van der Waals surface area contributed by atoms with E-state index in [9.17, 15) is 4.79 Å². The van der Waals surface area contributed by atoms with E-state index in [1.165, 1.54) is 4.90 Å². The molecule has 1 saturated heterocycles. The Bertz CT molecular complexity index is 816. The minimum absolute atomic E-state index is 0.174. The SMILES string of the molecule is CCn1ncc(CN[C@@H]2CCN(c3nc(C(=O)N(C)C)nc(C)c3C)C2)n1. The van der Waals surface area contributed by atoms with Crippen LogP contribution < -0.4 is 10.2 Å². The van der Waals surface area contributed by atoms with Crippen molar-refractivity contribution in [3.63, 3.8) is 0 Å². The van der Waals surface area contributed by atoms with E-state index in [0.717, 1.165) is 48.8 Å². The fourth-order valence-corrected chi connectivity index (χ4v) is 3.15. The van der Waals surface area contributed by atoms with E-state index in [1.807, 2.05) is 20.8 Å². The second kappa shape index (κ2) is 7.99. The van der Waals surface area contributed by atoms with Crippen molar-refractivity contribution < 1.29 is 4.79 Å². The summed E-state index contributed by atoms with van der Waals surface area (Å²) >= 11 is 0. The maximum atomic E-state index is 12.3. The summed E-state index contributed by atoms with van der Waals surface area (Å²) in [6.45, 7) is 9.17. The van der Waals surface area contributed by atoms with Gasteiger partial charge in [-0.05, 0) is 27.2 Å². The molecule has 9 heteroatoms. The summed E-state index contributed by atoms with van der Waals surface area (Å²) in [5.41, 5.74) is 2.82. The van der Waals surface area contributed by atoms with Gasteiger partial charge in [-0.3, -0.25) is 4.79 Å². The molecule has 9 nitrogen and oxygen atoms in total. The molecule has 1 aliphatic rings. The van der Waals surface area contributed by atoms with Crippen LogP contribution in [0.25, 0.3) is 0 Å². The standard InChI is InChI=1S/C18H28N8O/c1-6-26-20-10-15(23-26)9-19-14-7-8-25(11-14)17-12(2)13(3)21-16(22-17)18(27)24(4)5/h10,14,19H,6-9,11H2,1-5H3/t14-/m1/s1. The third kappa shape index (κ3) is 4.24. The predicted molar refractivity (Wildman–Crippen MR) is 103 cm³/mol. The molecule has 146 valence electrons. The molecule has 0 aromatic carbocycles. The minimum atomic E-state index is -0.174. The molecule has 1 N–H and O–H groups in total. The van der Waals surface area contributed by atoms with Crippen LogP contribution in [0.3, 0.4) is 0 Å². The lowest BCUT2D eigenvalue weighted by Gasteiger charge is -2.22. The van der Waals surface area contributed by atoms with Crippen LogP contribution in [0.15, 0.2) is 6.20 Å².